The second kappa shape index (κ2) is 13.4. The third kappa shape index (κ3) is 7.54. The lowest BCUT2D eigenvalue weighted by Crippen LogP contribution is -2.46. The molecule has 11 nitrogen and oxygen atoms in total. The van der Waals surface area contributed by atoms with Crippen molar-refractivity contribution in [1.29, 1.82) is 0 Å². The number of rotatable bonds is 6. The molecule has 3 heterocycles. The van der Waals surface area contributed by atoms with Crippen LogP contribution in [0.1, 0.15) is 74.1 Å². The highest BCUT2D eigenvalue weighted by Gasteiger charge is 2.33. The first-order valence-corrected chi connectivity index (χ1v) is 18.2. The van der Waals surface area contributed by atoms with Crippen LogP contribution in [-0.4, -0.2) is 64.9 Å². The van der Waals surface area contributed by atoms with E-state index < -0.39 is 16.1 Å². The van der Waals surface area contributed by atoms with Gasteiger partial charge < -0.3 is 14.5 Å². The van der Waals surface area contributed by atoms with Crippen molar-refractivity contribution in [2.75, 3.05) is 23.3 Å². The number of ether oxygens (including phenoxy) is 1. The Hall–Kier alpha value is -4.58. The largest absolute Gasteiger partial charge is 0.475 e. The van der Waals surface area contributed by atoms with Gasteiger partial charge in [-0.25, -0.2) is 23.1 Å². The molecule has 0 radical (unpaired) electrons. The van der Waals surface area contributed by atoms with Crippen LogP contribution in [0, 0.1) is 25.2 Å². The summed E-state index contributed by atoms with van der Waals surface area (Å²) < 4.78 is 36.4. The van der Waals surface area contributed by atoms with E-state index in [0.717, 1.165) is 28.9 Å². The zero-order chi connectivity index (χ0) is 35.1. The third-order valence-corrected chi connectivity index (χ3v) is 10.8. The highest BCUT2D eigenvalue weighted by Crippen LogP contribution is 2.34. The summed E-state index contributed by atoms with van der Waals surface area (Å²) >= 11 is 0. The van der Waals surface area contributed by atoms with Crippen LogP contribution in [0.2, 0.25) is 0 Å². The number of carbonyl (C=O) groups excluding carboxylic acids is 1. The van der Waals surface area contributed by atoms with Gasteiger partial charge in [0, 0.05) is 30.3 Å². The maximum Gasteiger partial charge on any atom is 0.264 e. The van der Waals surface area contributed by atoms with Crippen LogP contribution in [0.15, 0.2) is 65.8 Å². The smallest absolute Gasteiger partial charge is 0.264 e. The van der Waals surface area contributed by atoms with E-state index in [2.05, 4.69) is 52.3 Å². The number of hydrogen-bond acceptors (Lipinski definition) is 9. The monoisotopic (exact) mass is 683 g/mol. The Morgan fingerprint density at radius 1 is 1.00 bits per heavy atom. The quantitative estimate of drug-likeness (QED) is 0.245. The highest BCUT2D eigenvalue weighted by atomic mass is 32.2. The number of benzene rings is 2. The third-order valence-electron chi connectivity index (χ3n) is 9.47. The Balaban J connectivity index is 1.45. The fourth-order valence-corrected chi connectivity index (χ4v) is 7.75. The van der Waals surface area contributed by atoms with Gasteiger partial charge in [-0.3, -0.25) is 9.78 Å². The molecule has 0 spiro atoms. The maximum absolute atomic E-state index is 14.5. The van der Waals surface area contributed by atoms with E-state index in [1.165, 1.54) is 18.6 Å². The molecule has 1 N–H and O–H groups in total. The molecule has 1 aliphatic heterocycles. The number of fused-ring (bicyclic) bond motifs is 4. The van der Waals surface area contributed by atoms with Gasteiger partial charge in [-0.2, -0.15) is 4.98 Å². The first kappa shape index (κ1) is 34.3. The second-order valence-electron chi connectivity index (χ2n) is 14.6. The van der Waals surface area contributed by atoms with Crippen LogP contribution in [0.4, 0.5) is 11.8 Å². The fraction of sp³-hybridized carbons (Fsp3) is 0.432. The van der Waals surface area contributed by atoms with Crippen molar-refractivity contribution in [2.24, 2.45) is 11.3 Å². The van der Waals surface area contributed by atoms with Crippen LogP contribution < -0.4 is 14.4 Å². The molecule has 6 rings (SSSR count). The minimum absolute atomic E-state index is 0.0773. The van der Waals surface area contributed by atoms with Gasteiger partial charge in [-0.1, -0.05) is 52.0 Å². The van der Waals surface area contributed by atoms with Crippen LogP contribution in [0.3, 0.4) is 0 Å². The molecule has 2 aliphatic rings. The highest BCUT2D eigenvalue weighted by molar-refractivity contribution is 7.92. The minimum Gasteiger partial charge on any atom is -0.475 e. The van der Waals surface area contributed by atoms with E-state index in [9.17, 15) is 13.2 Å². The fourth-order valence-electron chi connectivity index (χ4n) is 6.76. The Morgan fingerprint density at radius 2 is 1.73 bits per heavy atom. The SMILES string of the molecule is Cc1cccc(C)c1-c1cc2nc(n1)NS(=O)(=O)c1cccc(c1)C(=O)N(Cc1cncc(N(C)C3CCC3C)n1)[C@H](CC(C)(C)C)CO2. The molecule has 1 fully saturated rings. The average Bonchev–Trinajstić information content (AvgIpc) is 3.03. The number of anilines is 2. The molecule has 4 bridgehead atoms. The Labute approximate surface area is 289 Å². The molecule has 0 saturated heterocycles. The Bertz CT molecular complexity index is 1960. The summed E-state index contributed by atoms with van der Waals surface area (Å²) in [6, 6.07) is 13.7. The zero-order valence-corrected chi connectivity index (χ0v) is 30.1. The second-order valence-corrected chi connectivity index (χ2v) is 16.3. The normalized spacial score (nSPS) is 20.5. The molecule has 1 aliphatic carbocycles. The summed E-state index contributed by atoms with van der Waals surface area (Å²) in [6.07, 6.45) is 6.31. The van der Waals surface area contributed by atoms with Crippen molar-refractivity contribution in [3.8, 4) is 17.1 Å². The minimum atomic E-state index is -4.17. The van der Waals surface area contributed by atoms with Crippen molar-refractivity contribution in [3.63, 3.8) is 0 Å². The number of carbonyl (C=O) groups is 1. The molecular weight excluding hydrogens is 639 g/mol. The summed E-state index contributed by atoms with van der Waals surface area (Å²) in [5.74, 6) is 1.06. The van der Waals surface area contributed by atoms with E-state index in [1.807, 2.05) is 39.1 Å². The number of aryl methyl sites for hydroxylation is 2. The summed E-state index contributed by atoms with van der Waals surface area (Å²) in [4.78, 5) is 36.9. The standard InChI is InChI=1S/C37H45N7O4S/c1-23-14-15-31(23)43(7)32-20-38-19-27(39-32)21-44-28(18-37(4,5)6)22-48-33-17-30(34-24(2)10-8-11-25(34)3)40-36(41-33)42-49(46,47)29-13-9-12-26(16-29)35(44)45/h8-13,16-17,19-20,23,28,31H,14-15,18,21-22H2,1-7H3,(H,40,41,42)/t23?,28-,31?/m1/s1. The van der Waals surface area contributed by atoms with Gasteiger partial charge >= 0.3 is 0 Å². The van der Waals surface area contributed by atoms with Crippen LogP contribution in [0.25, 0.3) is 11.3 Å². The Kier molecular flexibility index (Phi) is 9.36. The molecule has 3 atom stereocenters. The average molecular weight is 684 g/mol. The Morgan fingerprint density at radius 3 is 2.41 bits per heavy atom. The zero-order valence-electron chi connectivity index (χ0n) is 29.3. The van der Waals surface area contributed by atoms with Crippen molar-refractivity contribution >= 4 is 27.7 Å². The van der Waals surface area contributed by atoms with E-state index in [0.29, 0.717) is 29.8 Å². The molecule has 1 saturated carbocycles. The molecule has 2 aromatic heterocycles. The van der Waals surface area contributed by atoms with Crippen LogP contribution in [0.5, 0.6) is 5.88 Å². The van der Waals surface area contributed by atoms with E-state index in [-0.39, 0.29) is 46.8 Å². The van der Waals surface area contributed by atoms with E-state index in [4.69, 9.17) is 9.72 Å². The first-order valence-electron chi connectivity index (χ1n) is 16.7. The molecule has 258 valence electrons. The number of amides is 1. The van der Waals surface area contributed by atoms with Crippen molar-refractivity contribution in [3.05, 3.63) is 83.3 Å². The molecule has 2 aromatic carbocycles. The van der Waals surface area contributed by atoms with Gasteiger partial charge in [0.1, 0.15) is 12.4 Å². The lowest BCUT2D eigenvalue weighted by Gasteiger charge is -2.41. The number of hydrogen-bond donors (Lipinski definition) is 1. The first-order chi connectivity index (χ1) is 23.2. The number of nitrogens with zero attached hydrogens (tertiary/aromatic N) is 6. The van der Waals surface area contributed by atoms with Gasteiger partial charge in [0.25, 0.3) is 15.9 Å². The van der Waals surface area contributed by atoms with Crippen LogP contribution >= 0.6 is 0 Å². The molecule has 12 heteroatoms. The predicted molar refractivity (Wildman–Crippen MR) is 190 cm³/mol. The topological polar surface area (TPSA) is 131 Å². The predicted octanol–water partition coefficient (Wildman–Crippen LogP) is 6.43. The van der Waals surface area contributed by atoms with Gasteiger partial charge in [-0.15, -0.1) is 0 Å². The van der Waals surface area contributed by atoms with E-state index >= 15 is 0 Å². The summed E-state index contributed by atoms with van der Waals surface area (Å²) in [6.45, 7) is 12.8. The van der Waals surface area contributed by atoms with Crippen molar-refractivity contribution in [2.45, 2.75) is 84.3 Å². The van der Waals surface area contributed by atoms with Crippen molar-refractivity contribution < 1.29 is 17.9 Å². The number of sulfonamides is 1. The number of aromatic nitrogens is 4. The molecule has 2 unspecified atom stereocenters. The van der Waals surface area contributed by atoms with E-state index in [1.54, 1.807) is 35.5 Å². The van der Waals surface area contributed by atoms with Crippen molar-refractivity contribution in [1.82, 2.24) is 24.8 Å². The molecule has 1 amide bonds. The van der Waals surface area contributed by atoms with Gasteiger partial charge in [0.15, 0.2) is 0 Å². The van der Waals surface area contributed by atoms with Gasteiger partial charge in [0.05, 0.1) is 41.3 Å². The summed E-state index contributed by atoms with van der Waals surface area (Å²) in [7, 11) is -2.14. The van der Waals surface area contributed by atoms with Gasteiger partial charge in [0.2, 0.25) is 11.8 Å². The number of nitrogens with one attached hydrogen (secondary N) is 1. The molecular formula is C37H45N7O4S. The summed E-state index contributed by atoms with van der Waals surface area (Å²) in [5.41, 5.74) is 4.01. The molecule has 49 heavy (non-hydrogen) atoms. The lowest BCUT2D eigenvalue weighted by molar-refractivity contribution is 0.0509. The van der Waals surface area contributed by atoms with Gasteiger partial charge in [-0.05, 0) is 73.8 Å². The van der Waals surface area contributed by atoms with Crippen LogP contribution in [-0.2, 0) is 16.6 Å². The maximum atomic E-state index is 14.5. The lowest BCUT2D eigenvalue weighted by atomic mass is 9.80. The summed E-state index contributed by atoms with van der Waals surface area (Å²) in [5, 5.41) is 0. The molecule has 4 aromatic rings.